The van der Waals surface area contributed by atoms with Crippen molar-refractivity contribution in [1.82, 2.24) is 10.3 Å². The molecule has 0 aliphatic heterocycles. The first-order valence-electron chi connectivity index (χ1n) is 8.15. The smallest absolute Gasteiger partial charge is 0.270 e. The van der Waals surface area contributed by atoms with Crippen molar-refractivity contribution in [3.63, 3.8) is 0 Å². The second-order valence-electron chi connectivity index (χ2n) is 5.79. The minimum absolute atomic E-state index is 0.123. The van der Waals surface area contributed by atoms with Gasteiger partial charge < -0.3 is 10.6 Å². The highest BCUT2D eigenvalue weighted by Gasteiger charge is 2.11. The van der Waals surface area contributed by atoms with Crippen LogP contribution in [0.5, 0.6) is 0 Å². The summed E-state index contributed by atoms with van der Waals surface area (Å²) in [4.78, 5) is 16.5. The van der Waals surface area contributed by atoms with Gasteiger partial charge in [-0.2, -0.15) is 0 Å². The molecule has 2 aromatic rings. The van der Waals surface area contributed by atoms with Crippen LogP contribution in [0.2, 0.25) is 5.02 Å². The highest BCUT2D eigenvalue weighted by molar-refractivity contribution is 7.14. The predicted molar refractivity (Wildman–Crippen MR) is 100 cm³/mol. The number of allylic oxidation sites excluding steroid dienone is 1. The largest absolute Gasteiger partial charge is 0.350 e. The van der Waals surface area contributed by atoms with Crippen molar-refractivity contribution < 1.29 is 4.79 Å². The Morgan fingerprint density at radius 3 is 3.04 bits per heavy atom. The van der Waals surface area contributed by atoms with E-state index in [1.165, 1.54) is 42.6 Å². The molecule has 24 heavy (non-hydrogen) atoms. The maximum atomic E-state index is 12.2. The standard InChI is InChI=1S/C18H20ClN3OS/c19-14-7-4-8-15(11-14)21-18-22-16(12-24-18)17(23)20-10-9-13-5-2-1-3-6-13/h4-5,7-8,11-12H,1-3,6,9-10H2,(H,20,23)(H,21,22). The molecule has 0 saturated heterocycles. The third kappa shape index (κ3) is 4.82. The molecule has 1 aliphatic carbocycles. The average Bonchev–Trinajstić information content (AvgIpc) is 3.04. The summed E-state index contributed by atoms with van der Waals surface area (Å²) in [7, 11) is 0. The number of hydrogen-bond acceptors (Lipinski definition) is 4. The summed E-state index contributed by atoms with van der Waals surface area (Å²) in [6, 6.07) is 7.41. The zero-order valence-electron chi connectivity index (χ0n) is 13.3. The second-order valence-corrected chi connectivity index (χ2v) is 7.08. The van der Waals surface area contributed by atoms with E-state index in [9.17, 15) is 4.79 Å². The van der Waals surface area contributed by atoms with E-state index in [4.69, 9.17) is 11.6 Å². The van der Waals surface area contributed by atoms with E-state index in [2.05, 4.69) is 21.7 Å². The van der Waals surface area contributed by atoms with Crippen LogP contribution in [0.15, 0.2) is 41.3 Å². The molecule has 0 unspecified atom stereocenters. The van der Waals surface area contributed by atoms with Gasteiger partial charge in [0, 0.05) is 22.6 Å². The van der Waals surface area contributed by atoms with Crippen LogP contribution in [0, 0.1) is 0 Å². The first-order chi connectivity index (χ1) is 11.7. The number of nitrogens with zero attached hydrogens (tertiary/aromatic N) is 1. The lowest BCUT2D eigenvalue weighted by atomic mass is 9.97. The lowest BCUT2D eigenvalue weighted by Gasteiger charge is -2.12. The quantitative estimate of drug-likeness (QED) is 0.698. The molecule has 0 spiro atoms. The molecule has 1 amide bonds. The first-order valence-corrected chi connectivity index (χ1v) is 9.41. The summed E-state index contributed by atoms with van der Waals surface area (Å²) in [6.45, 7) is 0.666. The van der Waals surface area contributed by atoms with Crippen LogP contribution in [0.3, 0.4) is 0 Å². The van der Waals surface area contributed by atoms with Crippen LogP contribution in [0.1, 0.15) is 42.6 Å². The third-order valence-electron chi connectivity index (χ3n) is 3.93. The Bertz CT molecular complexity index is 741. The van der Waals surface area contributed by atoms with Crippen molar-refractivity contribution in [3.05, 3.63) is 52.0 Å². The Balaban J connectivity index is 1.51. The second kappa shape index (κ2) is 8.31. The fourth-order valence-electron chi connectivity index (χ4n) is 2.68. The zero-order valence-corrected chi connectivity index (χ0v) is 14.9. The average molecular weight is 362 g/mol. The zero-order chi connectivity index (χ0) is 16.8. The van der Waals surface area contributed by atoms with E-state index in [0.717, 1.165) is 12.1 Å². The van der Waals surface area contributed by atoms with Gasteiger partial charge in [0.05, 0.1) is 0 Å². The molecule has 1 heterocycles. The number of thiazole rings is 1. The van der Waals surface area contributed by atoms with Gasteiger partial charge in [0.1, 0.15) is 5.69 Å². The van der Waals surface area contributed by atoms with E-state index < -0.39 is 0 Å². The highest BCUT2D eigenvalue weighted by atomic mass is 35.5. The van der Waals surface area contributed by atoms with Crippen molar-refractivity contribution in [3.8, 4) is 0 Å². The number of carbonyl (C=O) groups is 1. The van der Waals surface area contributed by atoms with Crippen molar-refractivity contribution in [1.29, 1.82) is 0 Å². The predicted octanol–water partition coefficient (Wildman–Crippen LogP) is 5.16. The number of hydrogen-bond donors (Lipinski definition) is 2. The van der Waals surface area contributed by atoms with Gasteiger partial charge >= 0.3 is 0 Å². The van der Waals surface area contributed by atoms with Crippen LogP contribution in [0.4, 0.5) is 10.8 Å². The van der Waals surface area contributed by atoms with E-state index >= 15 is 0 Å². The third-order valence-corrected chi connectivity index (χ3v) is 4.92. The normalized spacial score (nSPS) is 14.1. The number of halogens is 1. The molecule has 3 rings (SSSR count). The van der Waals surface area contributed by atoms with Crippen LogP contribution < -0.4 is 10.6 Å². The van der Waals surface area contributed by atoms with Gasteiger partial charge in [0.15, 0.2) is 5.13 Å². The Kier molecular flexibility index (Phi) is 5.88. The number of benzene rings is 1. The molecule has 2 N–H and O–H groups in total. The van der Waals surface area contributed by atoms with E-state index in [1.807, 2.05) is 24.3 Å². The summed E-state index contributed by atoms with van der Waals surface area (Å²) < 4.78 is 0. The van der Waals surface area contributed by atoms with E-state index in [0.29, 0.717) is 22.4 Å². The summed E-state index contributed by atoms with van der Waals surface area (Å²) in [5, 5.41) is 9.21. The van der Waals surface area contributed by atoms with Gasteiger partial charge in [0.25, 0.3) is 5.91 Å². The minimum Gasteiger partial charge on any atom is -0.350 e. The van der Waals surface area contributed by atoms with Gasteiger partial charge in [-0.25, -0.2) is 4.98 Å². The summed E-state index contributed by atoms with van der Waals surface area (Å²) in [5.74, 6) is -0.123. The molecular formula is C18H20ClN3OS. The lowest BCUT2D eigenvalue weighted by Crippen LogP contribution is -2.25. The summed E-state index contributed by atoms with van der Waals surface area (Å²) in [5.41, 5.74) is 2.76. The molecular weight excluding hydrogens is 342 g/mol. The summed E-state index contributed by atoms with van der Waals surface area (Å²) >= 11 is 7.36. The Hall–Kier alpha value is -1.85. The molecule has 0 radical (unpaired) electrons. The molecule has 1 aliphatic rings. The van der Waals surface area contributed by atoms with Crippen molar-refractivity contribution in [2.45, 2.75) is 32.1 Å². The van der Waals surface area contributed by atoms with E-state index in [1.54, 1.807) is 5.38 Å². The van der Waals surface area contributed by atoms with Gasteiger partial charge in [-0.1, -0.05) is 29.3 Å². The maximum absolute atomic E-state index is 12.2. The molecule has 0 bridgehead atoms. The molecule has 4 nitrogen and oxygen atoms in total. The fraction of sp³-hybridized carbons (Fsp3) is 0.333. The minimum atomic E-state index is -0.123. The number of aromatic nitrogens is 1. The number of anilines is 2. The summed E-state index contributed by atoms with van der Waals surface area (Å²) in [6.07, 6.45) is 8.14. The van der Waals surface area contributed by atoms with Crippen LogP contribution in [-0.2, 0) is 0 Å². The topological polar surface area (TPSA) is 54.0 Å². The number of amides is 1. The van der Waals surface area contributed by atoms with Gasteiger partial charge in [0.2, 0.25) is 0 Å². The van der Waals surface area contributed by atoms with Crippen molar-refractivity contribution in [2.75, 3.05) is 11.9 Å². The van der Waals surface area contributed by atoms with Gasteiger partial charge in [-0.15, -0.1) is 11.3 Å². The monoisotopic (exact) mass is 361 g/mol. The van der Waals surface area contributed by atoms with Crippen LogP contribution in [0.25, 0.3) is 0 Å². The Morgan fingerprint density at radius 2 is 2.25 bits per heavy atom. The molecule has 0 saturated carbocycles. The maximum Gasteiger partial charge on any atom is 0.270 e. The Labute approximate surface area is 151 Å². The number of nitrogens with one attached hydrogen (secondary N) is 2. The van der Waals surface area contributed by atoms with Gasteiger partial charge in [-0.3, -0.25) is 4.79 Å². The van der Waals surface area contributed by atoms with Crippen molar-refractivity contribution >= 4 is 39.7 Å². The lowest BCUT2D eigenvalue weighted by molar-refractivity contribution is 0.0950. The van der Waals surface area contributed by atoms with Crippen LogP contribution >= 0.6 is 22.9 Å². The number of rotatable bonds is 6. The molecule has 0 fully saturated rings. The molecule has 126 valence electrons. The molecule has 1 aromatic heterocycles. The highest BCUT2D eigenvalue weighted by Crippen LogP contribution is 2.23. The molecule has 6 heteroatoms. The fourth-order valence-corrected chi connectivity index (χ4v) is 3.59. The molecule has 0 atom stereocenters. The van der Waals surface area contributed by atoms with Crippen LogP contribution in [-0.4, -0.2) is 17.4 Å². The first kappa shape index (κ1) is 17.0. The van der Waals surface area contributed by atoms with Gasteiger partial charge in [-0.05, 0) is 50.3 Å². The van der Waals surface area contributed by atoms with E-state index in [-0.39, 0.29) is 5.91 Å². The molecule has 1 aromatic carbocycles. The van der Waals surface area contributed by atoms with Crippen molar-refractivity contribution in [2.24, 2.45) is 0 Å². The SMILES string of the molecule is O=C(NCCC1=CCCCC1)c1csc(Nc2cccc(Cl)c2)n1. The number of carbonyl (C=O) groups excluding carboxylic acids is 1. The Morgan fingerprint density at radius 1 is 1.33 bits per heavy atom.